The Morgan fingerprint density at radius 3 is 2.82 bits per heavy atom. The predicted octanol–water partition coefficient (Wildman–Crippen LogP) is 2.63. The Hall–Kier alpha value is -1.14. The van der Waals surface area contributed by atoms with Crippen LogP contribution in [0.25, 0.3) is 0 Å². The zero-order valence-corrected chi connectivity index (χ0v) is 14.3. The number of nitrogens with one attached hydrogen (secondary N) is 2. The van der Waals surface area contributed by atoms with E-state index in [0.717, 1.165) is 18.8 Å². The van der Waals surface area contributed by atoms with Crippen molar-refractivity contribution in [2.45, 2.75) is 51.5 Å². The molecule has 6 heteroatoms. The van der Waals surface area contributed by atoms with Gasteiger partial charge < -0.3 is 4.98 Å². The smallest absolute Gasteiger partial charge is 0.257 e. The molecule has 0 radical (unpaired) electrons. The molecule has 2 N–H and O–H groups in total. The van der Waals surface area contributed by atoms with Gasteiger partial charge in [-0.25, -0.2) is 18.1 Å². The Kier molecular flexibility index (Phi) is 3.93. The van der Waals surface area contributed by atoms with Crippen molar-refractivity contribution in [1.82, 2.24) is 14.7 Å². The van der Waals surface area contributed by atoms with Crippen LogP contribution < -0.4 is 4.72 Å². The zero-order chi connectivity index (χ0) is 16.0. The zero-order valence-electron chi connectivity index (χ0n) is 13.5. The van der Waals surface area contributed by atoms with Crippen LogP contribution in [0.1, 0.15) is 45.9 Å². The average molecular weight is 323 g/mol. The number of rotatable bonds is 6. The van der Waals surface area contributed by atoms with Gasteiger partial charge in [-0.05, 0) is 36.5 Å². The molecule has 0 amide bonds. The monoisotopic (exact) mass is 323 g/mol. The van der Waals surface area contributed by atoms with Gasteiger partial charge in [0.15, 0.2) is 5.03 Å². The van der Waals surface area contributed by atoms with Crippen molar-refractivity contribution in [2.24, 2.45) is 17.3 Å². The third kappa shape index (κ3) is 2.63. The van der Waals surface area contributed by atoms with Crippen molar-refractivity contribution in [3.63, 3.8) is 0 Å². The molecule has 1 saturated carbocycles. The maximum Gasteiger partial charge on any atom is 0.257 e. The highest BCUT2D eigenvalue weighted by Crippen LogP contribution is 2.59. The predicted molar refractivity (Wildman–Crippen MR) is 85.8 cm³/mol. The number of imidazole rings is 1. The lowest BCUT2D eigenvalue weighted by Gasteiger charge is -2.56. The van der Waals surface area contributed by atoms with Gasteiger partial charge >= 0.3 is 0 Å². The molecule has 5 nitrogen and oxygen atoms in total. The van der Waals surface area contributed by atoms with E-state index >= 15 is 0 Å². The van der Waals surface area contributed by atoms with E-state index in [0.29, 0.717) is 30.1 Å². The highest BCUT2D eigenvalue weighted by molar-refractivity contribution is 7.89. The van der Waals surface area contributed by atoms with Gasteiger partial charge in [0, 0.05) is 13.0 Å². The fourth-order valence-electron chi connectivity index (χ4n) is 3.82. The quantitative estimate of drug-likeness (QED) is 0.790. The number of fused-ring (bicyclic) bond motifs is 1. The molecular weight excluding hydrogens is 298 g/mol. The summed E-state index contributed by atoms with van der Waals surface area (Å²) in [6, 6.07) is 0. The molecule has 3 aliphatic rings. The van der Waals surface area contributed by atoms with Gasteiger partial charge in [0.1, 0.15) is 5.82 Å². The molecule has 0 aliphatic heterocycles. The minimum atomic E-state index is -3.48. The maximum absolute atomic E-state index is 12.2. The molecule has 0 unspecified atom stereocenters. The standard InChI is InChI=1S/C16H25N3O2S/c1-4-14-17-10-15(19-14)22(20,21)18-8-7-11-5-6-12-9-13(11)16(12,2)3/h5,10,12-13,18H,4,6-9H2,1-3H3,(H,17,19)/t12-,13-/m0/s1. The summed E-state index contributed by atoms with van der Waals surface area (Å²) in [5.74, 6) is 2.14. The molecule has 1 heterocycles. The van der Waals surface area contributed by atoms with E-state index < -0.39 is 10.0 Å². The first-order valence-corrected chi connectivity index (χ1v) is 9.55. The van der Waals surface area contributed by atoms with Crippen LogP contribution in [0.2, 0.25) is 0 Å². The second kappa shape index (κ2) is 5.49. The number of hydrogen-bond acceptors (Lipinski definition) is 3. The summed E-state index contributed by atoms with van der Waals surface area (Å²) in [5, 5.41) is 0.158. The van der Waals surface area contributed by atoms with Crippen LogP contribution in [0.5, 0.6) is 0 Å². The highest BCUT2D eigenvalue weighted by Gasteiger charge is 2.50. The molecule has 3 aliphatic carbocycles. The molecule has 2 atom stereocenters. The van der Waals surface area contributed by atoms with Gasteiger partial charge in [-0.2, -0.15) is 0 Å². The molecule has 22 heavy (non-hydrogen) atoms. The summed E-state index contributed by atoms with van der Waals surface area (Å²) in [5.41, 5.74) is 1.82. The van der Waals surface area contributed by atoms with Crippen LogP contribution in [-0.4, -0.2) is 24.9 Å². The molecular formula is C16H25N3O2S. The maximum atomic E-state index is 12.2. The lowest BCUT2D eigenvalue weighted by Crippen LogP contribution is -2.48. The lowest BCUT2D eigenvalue weighted by molar-refractivity contribution is -0.00804. The van der Waals surface area contributed by atoms with E-state index in [2.05, 4.69) is 34.6 Å². The van der Waals surface area contributed by atoms with Crippen molar-refractivity contribution in [1.29, 1.82) is 0 Å². The van der Waals surface area contributed by atoms with Crippen LogP contribution in [-0.2, 0) is 16.4 Å². The Morgan fingerprint density at radius 1 is 1.45 bits per heavy atom. The van der Waals surface area contributed by atoms with Gasteiger partial charge in [-0.3, -0.25) is 0 Å². The van der Waals surface area contributed by atoms with E-state index in [-0.39, 0.29) is 5.03 Å². The third-order valence-electron chi connectivity index (χ3n) is 5.52. The largest absolute Gasteiger partial charge is 0.332 e. The van der Waals surface area contributed by atoms with Crippen molar-refractivity contribution in [3.8, 4) is 0 Å². The van der Waals surface area contributed by atoms with Crippen LogP contribution in [0.4, 0.5) is 0 Å². The van der Waals surface area contributed by atoms with Gasteiger partial charge in [0.2, 0.25) is 0 Å². The Labute approximate surface area is 132 Å². The van der Waals surface area contributed by atoms with Gasteiger partial charge in [-0.1, -0.05) is 32.4 Å². The van der Waals surface area contributed by atoms with Gasteiger partial charge in [0.25, 0.3) is 10.0 Å². The number of sulfonamides is 1. The van der Waals surface area contributed by atoms with Crippen LogP contribution >= 0.6 is 0 Å². The first kappa shape index (κ1) is 15.7. The number of aromatic amines is 1. The highest BCUT2D eigenvalue weighted by atomic mass is 32.2. The van der Waals surface area contributed by atoms with Crippen molar-refractivity contribution in [3.05, 3.63) is 23.7 Å². The first-order chi connectivity index (χ1) is 10.3. The molecule has 1 aromatic rings. The van der Waals surface area contributed by atoms with Crippen molar-refractivity contribution >= 4 is 10.0 Å². The number of nitrogens with zero attached hydrogens (tertiary/aromatic N) is 1. The number of aromatic nitrogens is 2. The third-order valence-corrected chi connectivity index (χ3v) is 6.89. The topological polar surface area (TPSA) is 74.8 Å². The Morgan fingerprint density at radius 2 is 2.23 bits per heavy atom. The second-order valence-electron chi connectivity index (χ2n) is 7.02. The van der Waals surface area contributed by atoms with Gasteiger partial charge in [-0.15, -0.1) is 0 Å². The molecule has 4 rings (SSSR count). The first-order valence-electron chi connectivity index (χ1n) is 8.07. The fraction of sp³-hybridized carbons (Fsp3) is 0.688. The van der Waals surface area contributed by atoms with E-state index in [9.17, 15) is 8.42 Å². The summed E-state index contributed by atoms with van der Waals surface area (Å²) in [4.78, 5) is 6.90. The van der Waals surface area contributed by atoms with Crippen LogP contribution in [0.15, 0.2) is 22.9 Å². The van der Waals surface area contributed by atoms with E-state index in [1.54, 1.807) is 0 Å². The summed E-state index contributed by atoms with van der Waals surface area (Å²) < 4.78 is 27.1. The molecule has 0 saturated heterocycles. The minimum Gasteiger partial charge on any atom is -0.332 e. The Balaban J connectivity index is 1.58. The molecule has 122 valence electrons. The van der Waals surface area contributed by atoms with Crippen molar-refractivity contribution in [2.75, 3.05) is 6.54 Å². The fourth-order valence-corrected chi connectivity index (χ4v) is 4.79. The number of allylic oxidation sites excluding steroid dienone is 1. The molecule has 0 aromatic carbocycles. The van der Waals surface area contributed by atoms with Crippen LogP contribution in [0.3, 0.4) is 0 Å². The molecule has 1 aromatic heterocycles. The lowest BCUT2D eigenvalue weighted by atomic mass is 9.48. The van der Waals surface area contributed by atoms with E-state index in [4.69, 9.17) is 0 Å². The summed E-state index contributed by atoms with van der Waals surface area (Å²) in [6.07, 6.45) is 7.62. The van der Waals surface area contributed by atoms with E-state index in [1.165, 1.54) is 18.2 Å². The molecule has 1 fully saturated rings. The van der Waals surface area contributed by atoms with Crippen molar-refractivity contribution < 1.29 is 8.42 Å². The number of H-pyrrole nitrogens is 1. The molecule has 2 bridgehead atoms. The normalized spacial score (nSPS) is 26.4. The minimum absolute atomic E-state index is 0.158. The second-order valence-corrected chi connectivity index (χ2v) is 8.75. The number of hydrogen-bond donors (Lipinski definition) is 2. The van der Waals surface area contributed by atoms with Gasteiger partial charge in [0.05, 0.1) is 6.20 Å². The summed E-state index contributed by atoms with van der Waals surface area (Å²) in [7, 11) is -3.48. The Bertz CT molecular complexity index is 688. The van der Waals surface area contributed by atoms with Crippen LogP contribution in [0, 0.1) is 17.3 Å². The number of aryl methyl sites for hydroxylation is 1. The average Bonchev–Trinajstić information content (AvgIpc) is 2.97. The SMILES string of the molecule is CCc1ncc(S(=O)(=O)NCCC2=CC[C@H]3C[C@@H]2C3(C)C)[nH]1. The summed E-state index contributed by atoms with van der Waals surface area (Å²) >= 11 is 0. The van der Waals surface area contributed by atoms with E-state index in [1.807, 2.05) is 6.92 Å². The molecule has 0 spiro atoms. The summed E-state index contributed by atoms with van der Waals surface area (Å²) in [6.45, 7) is 7.05.